The number of piperazine rings is 1. The number of aliphatic carboxylic acids is 1. The van der Waals surface area contributed by atoms with Gasteiger partial charge in [-0.15, -0.1) is 0 Å². The molecule has 0 saturated carbocycles. The van der Waals surface area contributed by atoms with Gasteiger partial charge in [-0.25, -0.2) is 0 Å². The fraction of sp³-hybridized carbons (Fsp3) is 0.300. The number of carbonyl (C=O) groups is 1. The van der Waals surface area contributed by atoms with Crippen LogP contribution in [0.1, 0.15) is 36.5 Å². The highest BCUT2D eigenvalue weighted by Crippen LogP contribution is 2.39. The zero-order valence-corrected chi connectivity index (χ0v) is 21.7. The minimum atomic E-state index is -0.986. The van der Waals surface area contributed by atoms with Gasteiger partial charge in [-0.3, -0.25) is 9.69 Å². The molecule has 2 heterocycles. The zero-order valence-electron chi connectivity index (χ0n) is 21.7. The van der Waals surface area contributed by atoms with Crippen molar-refractivity contribution in [2.75, 3.05) is 13.1 Å². The number of benzene rings is 3. The van der Waals surface area contributed by atoms with Crippen LogP contribution in [0.5, 0.6) is 5.75 Å². The van der Waals surface area contributed by atoms with Gasteiger partial charge >= 0.3 is 5.97 Å². The van der Waals surface area contributed by atoms with E-state index in [0.29, 0.717) is 11.7 Å². The van der Waals surface area contributed by atoms with Crippen LogP contribution in [-0.2, 0) is 17.9 Å². The second-order valence-corrected chi connectivity index (χ2v) is 10.3. The van der Waals surface area contributed by atoms with Gasteiger partial charge in [-0.1, -0.05) is 66.7 Å². The zero-order chi connectivity index (χ0) is 26.7. The number of phenols is 1. The van der Waals surface area contributed by atoms with Crippen LogP contribution in [0.25, 0.3) is 11.3 Å². The predicted molar refractivity (Wildman–Crippen MR) is 146 cm³/mol. The molecule has 1 aromatic heterocycles. The second kappa shape index (κ2) is 10.8. The average molecular weight is 512 g/mol. The van der Waals surface area contributed by atoms with Crippen LogP contribution < -0.4 is 5.32 Å². The van der Waals surface area contributed by atoms with E-state index in [9.17, 15) is 9.90 Å². The summed E-state index contributed by atoms with van der Waals surface area (Å²) in [5.41, 5.74) is 4.62. The van der Waals surface area contributed by atoms with Crippen molar-refractivity contribution in [3.63, 3.8) is 0 Å². The summed E-state index contributed by atoms with van der Waals surface area (Å²) in [6.07, 6.45) is 1.58. The van der Waals surface area contributed by atoms with Crippen molar-refractivity contribution in [3.05, 3.63) is 102 Å². The highest BCUT2D eigenvalue weighted by molar-refractivity contribution is 5.66. The van der Waals surface area contributed by atoms with E-state index in [1.54, 1.807) is 12.3 Å². The Morgan fingerprint density at radius 1 is 1.08 bits per heavy atom. The molecule has 0 bridgehead atoms. The van der Waals surface area contributed by atoms with Crippen LogP contribution in [0.4, 0.5) is 0 Å². The molecule has 0 spiro atoms. The Hall–Kier alpha value is -4.01. The number of nitrogens with zero attached hydrogens (tertiary/aromatic N) is 4. The average Bonchev–Trinajstić information content (AvgIpc) is 3.35. The molecule has 0 radical (unpaired) electrons. The summed E-state index contributed by atoms with van der Waals surface area (Å²) in [5.74, 6) is -0.773. The lowest BCUT2D eigenvalue weighted by Gasteiger charge is -2.49. The van der Waals surface area contributed by atoms with Gasteiger partial charge < -0.3 is 15.5 Å². The molecule has 4 aromatic rings. The molecule has 5 rings (SSSR count). The van der Waals surface area contributed by atoms with Crippen molar-refractivity contribution < 1.29 is 15.0 Å². The molecule has 0 aliphatic carbocycles. The predicted octanol–water partition coefficient (Wildman–Crippen LogP) is 4.12. The van der Waals surface area contributed by atoms with Crippen molar-refractivity contribution in [2.24, 2.45) is 0 Å². The lowest BCUT2D eigenvalue weighted by atomic mass is 9.74. The number of aromatic hydroxyl groups is 1. The van der Waals surface area contributed by atoms with E-state index in [4.69, 9.17) is 5.11 Å². The first-order chi connectivity index (χ1) is 18.3. The first-order valence-corrected chi connectivity index (χ1v) is 12.8. The molecule has 8 heteroatoms. The van der Waals surface area contributed by atoms with Crippen LogP contribution in [0.15, 0.2) is 85.1 Å². The summed E-state index contributed by atoms with van der Waals surface area (Å²) < 4.78 is 0. The quantitative estimate of drug-likeness (QED) is 0.327. The maximum absolute atomic E-state index is 11.0. The normalized spacial score (nSPS) is 20.7. The van der Waals surface area contributed by atoms with E-state index >= 15 is 0 Å². The standard InChI is InChI=1S/C30H33N5O3/c1-21-16-31-30(2,20-34(21)18-22-7-4-3-5-8-22)29(25-9-6-10-26(36)15-25)24-13-11-23(12-14-24)27-17-32-35(33-27)19-28(37)38/h3-15,17,21,29,31,36H,16,18-20H2,1-2H3,(H,37,38)/t21-,29-,30-/m1/s1. The number of carboxylic acids is 1. The van der Waals surface area contributed by atoms with Crippen LogP contribution in [0.2, 0.25) is 0 Å². The lowest BCUT2D eigenvalue weighted by Crippen LogP contribution is -2.64. The summed E-state index contributed by atoms with van der Waals surface area (Å²) in [5, 5.41) is 31.6. The van der Waals surface area contributed by atoms with E-state index in [-0.39, 0.29) is 23.8 Å². The highest BCUT2D eigenvalue weighted by Gasteiger charge is 2.42. The third-order valence-electron chi connectivity index (χ3n) is 7.38. The number of nitrogens with one attached hydrogen (secondary N) is 1. The summed E-state index contributed by atoms with van der Waals surface area (Å²) in [4.78, 5) is 14.7. The first-order valence-electron chi connectivity index (χ1n) is 12.8. The molecule has 1 aliphatic heterocycles. The van der Waals surface area contributed by atoms with Crippen molar-refractivity contribution in [2.45, 2.75) is 44.4 Å². The molecule has 3 N–H and O–H groups in total. The van der Waals surface area contributed by atoms with E-state index < -0.39 is 5.97 Å². The monoisotopic (exact) mass is 511 g/mol. The molecule has 38 heavy (non-hydrogen) atoms. The van der Waals surface area contributed by atoms with Crippen molar-refractivity contribution in [1.82, 2.24) is 25.2 Å². The van der Waals surface area contributed by atoms with Crippen LogP contribution >= 0.6 is 0 Å². The minimum Gasteiger partial charge on any atom is -0.508 e. The Kier molecular flexibility index (Phi) is 7.26. The fourth-order valence-corrected chi connectivity index (χ4v) is 5.47. The molecule has 8 nitrogen and oxygen atoms in total. The minimum absolute atomic E-state index is 0.0304. The molecule has 1 saturated heterocycles. The van der Waals surface area contributed by atoms with Gasteiger partial charge in [0, 0.05) is 42.7 Å². The lowest BCUT2D eigenvalue weighted by molar-refractivity contribution is -0.138. The van der Waals surface area contributed by atoms with Gasteiger partial charge in [0.2, 0.25) is 0 Å². The molecule has 3 aromatic carbocycles. The van der Waals surface area contributed by atoms with Gasteiger partial charge in [0.1, 0.15) is 11.4 Å². The molecule has 196 valence electrons. The van der Waals surface area contributed by atoms with Gasteiger partial charge in [0.05, 0.1) is 6.20 Å². The molecule has 0 amide bonds. The molecule has 1 fully saturated rings. The Morgan fingerprint density at radius 2 is 1.84 bits per heavy atom. The summed E-state index contributed by atoms with van der Waals surface area (Å²) in [7, 11) is 0. The number of aromatic nitrogens is 3. The number of carboxylic acid groups (broad SMARTS) is 1. The molecule has 1 aliphatic rings. The third kappa shape index (κ3) is 5.61. The number of phenolic OH excluding ortho intramolecular Hbond substituents is 1. The van der Waals surface area contributed by atoms with Crippen LogP contribution in [0.3, 0.4) is 0 Å². The SMILES string of the molecule is C[C@@H]1CN[C@@](C)([C@H](c2ccc(-c3cnn(CC(=O)O)n3)cc2)c2cccc(O)c2)CN1Cc1ccccc1. The second-order valence-electron chi connectivity index (χ2n) is 10.3. The first kappa shape index (κ1) is 25.6. The largest absolute Gasteiger partial charge is 0.508 e. The van der Waals surface area contributed by atoms with Gasteiger partial charge in [0.25, 0.3) is 0 Å². The molecule has 0 unspecified atom stereocenters. The summed E-state index contributed by atoms with van der Waals surface area (Å²) >= 11 is 0. The van der Waals surface area contributed by atoms with Gasteiger partial charge in [-0.2, -0.15) is 15.0 Å². The Bertz CT molecular complexity index is 1390. The van der Waals surface area contributed by atoms with E-state index in [2.05, 4.69) is 76.7 Å². The maximum atomic E-state index is 11.0. The number of rotatable bonds is 8. The number of hydrogen-bond acceptors (Lipinski definition) is 6. The Balaban J connectivity index is 1.47. The summed E-state index contributed by atoms with van der Waals surface area (Å²) in [6, 6.07) is 26.6. The van der Waals surface area contributed by atoms with E-state index in [0.717, 1.165) is 36.3 Å². The van der Waals surface area contributed by atoms with Crippen LogP contribution in [0, 0.1) is 0 Å². The smallest absolute Gasteiger partial charge is 0.327 e. The maximum Gasteiger partial charge on any atom is 0.327 e. The number of hydrogen-bond donors (Lipinski definition) is 3. The fourth-order valence-electron chi connectivity index (χ4n) is 5.47. The highest BCUT2D eigenvalue weighted by atomic mass is 16.4. The van der Waals surface area contributed by atoms with Crippen molar-refractivity contribution in [3.8, 4) is 17.0 Å². The topological polar surface area (TPSA) is 104 Å². The Labute approximate surface area is 222 Å². The Morgan fingerprint density at radius 3 is 2.55 bits per heavy atom. The van der Waals surface area contributed by atoms with Gasteiger partial charge in [0.15, 0.2) is 6.54 Å². The third-order valence-corrected chi connectivity index (χ3v) is 7.38. The van der Waals surface area contributed by atoms with Gasteiger partial charge in [-0.05, 0) is 42.7 Å². The van der Waals surface area contributed by atoms with Crippen LogP contribution in [-0.4, -0.2) is 60.7 Å². The molecular formula is C30H33N5O3. The van der Waals surface area contributed by atoms with E-state index in [1.807, 2.05) is 30.3 Å². The summed E-state index contributed by atoms with van der Waals surface area (Å²) in [6.45, 7) is 6.79. The molecular weight excluding hydrogens is 478 g/mol. The van der Waals surface area contributed by atoms with E-state index in [1.165, 1.54) is 10.4 Å². The van der Waals surface area contributed by atoms with Crippen molar-refractivity contribution >= 4 is 5.97 Å². The molecule has 3 atom stereocenters. The van der Waals surface area contributed by atoms with Crippen molar-refractivity contribution in [1.29, 1.82) is 0 Å².